The van der Waals surface area contributed by atoms with Crippen LogP contribution in [0.1, 0.15) is 47.1 Å². The number of amides is 1. The first-order valence-electron chi connectivity index (χ1n) is 14.7. The number of aromatic nitrogens is 2. The van der Waals surface area contributed by atoms with Crippen molar-refractivity contribution in [2.75, 3.05) is 6.26 Å². The highest BCUT2D eigenvalue weighted by molar-refractivity contribution is 7.90. The van der Waals surface area contributed by atoms with Gasteiger partial charge in [0, 0.05) is 18.2 Å². The zero-order valence-electron chi connectivity index (χ0n) is 25.6. The minimum absolute atomic E-state index is 0.00260. The maximum atomic E-state index is 13.6. The largest absolute Gasteiger partial charge is 0.489 e. The Morgan fingerprint density at radius 3 is 2.32 bits per heavy atom. The molecule has 0 atom stereocenters. The van der Waals surface area contributed by atoms with Gasteiger partial charge in [-0.25, -0.2) is 26.5 Å². The standard InChI is InChI=1S/C34H32ClN3O7S2/c1-3-4-13-31-36-30-19-18-27(46(2,41)42)20-29(30)34(40)38(31)21-23-14-16-25(17-15-23)45-22-24-9-8-12-28(32(24)35)33(39)37-47(43,44)26-10-6-5-7-11-26/h5-12,14-20H,3-4,13,21-22H2,1-2H3,(H,37,39). The van der Waals surface area contributed by atoms with E-state index in [1.807, 2.05) is 16.9 Å². The van der Waals surface area contributed by atoms with Gasteiger partial charge in [0.2, 0.25) is 0 Å². The number of benzene rings is 4. The number of halogens is 1. The number of hydrogen-bond donors (Lipinski definition) is 1. The molecule has 13 heteroatoms. The highest BCUT2D eigenvalue weighted by Crippen LogP contribution is 2.24. The number of carbonyl (C=O) groups excluding carboxylic acids is 1. The van der Waals surface area contributed by atoms with Crippen LogP contribution in [0, 0.1) is 0 Å². The number of nitrogens with one attached hydrogen (secondary N) is 1. The van der Waals surface area contributed by atoms with E-state index < -0.39 is 25.8 Å². The first-order valence-corrected chi connectivity index (χ1v) is 18.5. The van der Waals surface area contributed by atoms with Crippen molar-refractivity contribution < 1.29 is 26.4 Å². The van der Waals surface area contributed by atoms with Crippen LogP contribution in [0.5, 0.6) is 5.75 Å². The smallest absolute Gasteiger partial charge is 0.266 e. The molecule has 47 heavy (non-hydrogen) atoms. The molecule has 1 amide bonds. The molecule has 0 aliphatic heterocycles. The van der Waals surface area contributed by atoms with Gasteiger partial charge >= 0.3 is 0 Å². The van der Waals surface area contributed by atoms with E-state index in [1.165, 1.54) is 30.3 Å². The predicted octanol–water partition coefficient (Wildman–Crippen LogP) is 5.54. The van der Waals surface area contributed by atoms with Crippen molar-refractivity contribution in [1.29, 1.82) is 0 Å². The Hall–Kier alpha value is -4.52. The Morgan fingerprint density at radius 2 is 1.64 bits per heavy atom. The number of rotatable bonds is 12. The third-order valence-corrected chi connectivity index (χ3v) is 10.4. The van der Waals surface area contributed by atoms with Gasteiger partial charge in [-0.15, -0.1) is 0 Å². The van der Waals surface area contributed by atoms with Gasteiger partial charge in [-0.1, -0.05) is 67.4 Å². The molecule has 10 nitrogen and oxygen atoms in total. The van der Waals surface area contributed by atoms with Gasteiger partial charge in [0.25, 0.3) is 21.5 Å². The van der Waals surface area contributed by atoms with Crippen molar-refractivity contribution >= 4 is 48.3 Å². The average molecular weight is 694 g/mol. The number of ether oxygens (including phenoxy) is 1. The van der Waals surface area contributed by atoms with Crippen molar-refractivity contribution in [1.82, 2.24) is 14.3 Å². The fourth-order valence-electron chi connectivity index (χ4n) is 4.90. The van der Waals surface area contributed by atoms with Gasteiger partial charge < -0.3 is 4.74 Å². The number of fused-ring (bicyclic) bond motifs is 1. The summed E-state index contributed by atoms with van der Waals surface area (Å²) in [5.41, 5.74) is 1.39. The molecule has 0 saturated heterocycles. The van der Waals surface area contributed by atoms with Gasteiger partial charge in [0.15, 0.2) is 9.84 Å². The van der Waals surface area contributed by atoms with E-state index in [1.54, 1.807) is 53.1 Å². The molecule has 0 radical (unpaired) electrons. The number of sulfonamides is 1. The molecule has 1 heterocycles. The van der Waals surface area contributed by atoms with Crippen molar-refractivity contribution in [2.24, 2.45) is 0 Å². The molecule has 1 aromatic heterocycles. The number of aryl methyl sites for hydroxylation is 1. The molecule has 0 aliphatic carbocycles. The Labute approximate surface area is 278 Å². The maximum absolute atomic E-state index is 13.6. The molecule has 0 fully saturated rings. The van der Waals surface area contributed by atoms with Gasteiger partial charge in [0.1, 0.15) is 18.2 Å². The fraction of sp³-hybridized carbons (Fsp3) is 0.206. The second-order valence-electron chi connectivity index (χ2n) is 10.9. The van der Waals surface area contributed by atoms with Gasteiger partial charge in [-0.3, -0.25) is 14.2 Å². The fourth-order valence-corrected chi connectivity index (χ4v) is 6.80. The zero-order valence-corrected chi connectivity index (χ0v) is 28.0. The maximum Gasteiger partial charge on any atom is 0.266 e. The number of sulfone groups is 1. The Morgan fingerprint density at radius 1 is 0.915 bits per heavy atom. The Bertz CT molecular complexity index is 2220. The summed E-state index contributed by atoms with van der Waals surface area (Å²) in [5.74, 6) is 0.251. The zero-order chi connectivity index (χ0) is 33.8. The van der Waals surface area contributed by atoms with E-state index >= 15 is 0 Å². The summed E-state index contributed by atoms with van der Waals surface area (Å²) in [4.78, 5) is 31.2. The molecule has 0 unspecified atom stereocenters. The van der Waals surface area contributed by atoms with Crippen LogP contribution in [0.4, 0.5) is 0 Å². The quantitative estimate of drug-likeness (QED) is 0.180. The van der Waals surface area contributed by atoms with Crippen LogP contribution in [-0.2, 0) is 39.4 Å². The van der Waals surface area contributed by atoms with Crippen LogP contribution in [0.2, 0.25) is 5.02 Å². The summed E-state index contributed by atoms with van der Waals surface area (Å²) >= 11 is 6.49. The molecular weight excluding hydrogens is 662 g/mol. The highest BCUT2D eigenvalue weighted by atomic mass is 35.5. The molecule has 5 rings (SSSR count). The molecule has 0 aliphatic rings. The molecule has 0 spiro atoms. The number of carbonyl (C=O) groups is 1. The molecule has 0 bridgehead atoms. The van der Waals surface area contributed by atoms with Crippen molar-refractivity contribution in [2.45, 2.75) is 49.1 Å². The van der Waals surface area contributed by atoms with Crippen molar-refractivity contribution in [3.05, 3.63) is 129 Å². The minimum Gasteiger partial charge on any atom is -0.489 e. The summed E-state index contributed by atoms with van der Waals surface area (Å²) < 4.78 is 59.0. The van der Waals surface area contributed by atoms with Crippen LogP contribution in [0.15, 0.2) is 106 Å². The van der Waals surface area contributed by atoms with E-state index in [9.17, 15) is 26.4 Å². The van der Waals surface area contributed by atoms with Crippen LogP contribution in [0.25, 0.3) is 10.9 Å². The van der Waals surface area contributed by atoms with Crippen molar-refractivity contribution in [3.8, 4) is 5.75 Å². The lowest BCUT2D eigenvalue weighted by atomic mass is 10.1. The molecule has 244 valence electrons. The van der Waals surface area contributed by atoms with E-state index in [0.29, 0.717) is 29.1 Å². The predicted molar refractivity (Wildman–Crippen MR) is 180 cm³/mol. The lowest BCUT2D eigenvalue weighted by molar-refractivity contribution is 0.0981. The third kappa shape index (κ3) is 7.90. The first kappa shape index (κ1) is 33.8. The molecule has 0 saturated carbocycles. The van der Waals surface area contributed by atoms with Crippen LogP contribution >= 0.6 is 11.6 Å². The van der Waals surface area contributed by atoms with E-state index in [-0.39, 0.29) is 44.5 Å². The molecule has 5 aromatic rings. The van der Waals surface area contributed by atoms with Gasteiger partial charge in [-0.2, -0.15) is 0 Å². The summed E-state index contributed by atoms with van der Waals surface area (Å²) in [7, 11) is -7.59. The van der Waals surface area contributed by atoms with Crippen LogP contribution in [-0.4, -0.2) is 38.5 Å². The summed E-state index contributed by atoms with van der Waals surface area (Å²) in [6, 6.07) is 23.7. The normalized spacial score (nSPS) is 11.8. The summed E-state index contributed by atoms with van der Waals surface area (Å²) in [6.07, 6.45) is 3.44. The number of unbranched alkanes of at least 4 members (excludes halogenated alkanes) is 1. The van der Waals surface area contributed by atoms with Gasteiger partial charge in [0.05, 0.1) is 37.8 Å². The number of nitrogens with zero attached hydrogens (tertiary/aromatic N) is 2. The lowest BCUT2D eigenvalue weighted by Gasteiger charge is -2.15. The van der Waals surface area contributed by atoms with Crippen LogP contribution in [0.3, 0.4) is 0 Å². The number of hydrogen-bond acceptors (Lipinski definition) is 8. The van der Waals surface area contributed by atoms with E-state index in [4.69, 9.17) is 21.3 Å². The first-order chi connectivity index (χ1) is 22.4. The third-order valence-electron chi connectivity index (χ3n) is 7.45. The monoisotopic (exact) mass is 693 g/mol. The van der Waals surface area contributed by atoms with Crippen LogP contribution < -0.4 is 15.0 Å². The highest BCUT2D eigenvalue weighted by Gasteiger charge is 2.21. The molecule has 1 N–H and O–H groups in total. The Balaban J connectivity index is 1.32. The summed E-state index contributed by atoms with van der Waals surface area (Å²) in [5, 5.41) is 0.297. The van der Waals surface area contributed by atoms with Crippen molar-refractivity contribution in [3.63, 3.8) is 0 Å². The summed E-state index contributed by atoms with van der Waals surface area (Å²) in [6.45, 7) is 2.27. The Kier molecular flexibility index (Phi) is 10.1. The van der Waals surface area contributed by atoms with Gasteiger partial charge in [-0.05, 0) is 60.5 Å². The lowest BCUT2D eigenvalue weighted by Crippen LogP contribution is -2.30. The SMILES string of the molecule is CCCCc1nc2ccc(S(C)(=O)=O)cc2c(=O)n1Cc1ccc(OCc2cccc(C(=O)NS(=O)(=O)c3ccccc3)c2Cl)cc1. The molecular formula is C34H32ClN3O7S2. The van der Waals surface area contributed by atoms with E-state index in [0.717, 1.165) is 24.7 Å². The average Bonchev–Trinajstić information content (AvgIpc) is 3.05. The molecule has 4 aromatic carbocycles. The second kappa shape index (κ2) is 14.1. The minimum atomic E-state index is -4.09. The topological polar surface area (TPSA) is 142 Å². The second-order valence-corrected chi connectivity index (χ2v) is 15.0. The van der Waals surface area contributed by atoms with E-state index in [2.05, 4.69) is 6.92 Å².